The van der Waals surface area contributed by atoms with Gasteiger partial charge in [0.2, 0.25) is 0 Å². The van der Waals surface area contributed by atoms with Crippen molar-refractivity contribution in [2.45, 2.75) is 32.4 Å². The van der Waals surface area contributed by atoms with Crippen molar-refractivity contribution in [2.75, 3.05) is 18.1 Å². The summed E-state index contributed by atoms with van der Waals surface area (Å²) in [5, 5.41) is 14.6. The van der Waals surface area contributed by atoms with E-state index < -0.39 is 5.60 Å². The molecule has 1 unspecified atom stereocenters. The zero-order chi connectivity index (χ0) is 11.6. The lowest BCUT2D eigenvalue weighted by atomic mass is 10.0. The summed E-state index contributed by atoms with van der Waals surface area (Å²) in [5.41, 5.74) is 0.626. The summed E-state index contributed by atoms with van der Waals surface area (Å²) in [4.78, 5) is 5.67. The van der Waals surface area contributed by atoms with E-state index in [0.717, 1.165) is 35.2 Å². The second-order valence-electron chi connectivity index (χ2n) is 4.37. The van der Waals surface area contributed by atoms with Crippen molar-refractivity contribution in [1.29, 1.82) is 0 Å². The first-order valence-corrected chi connectivity index (χ1v) is 7.50. The van der Waals surface area contributed by atoms with E-state index in [1.54, 1.807) is 11.3 Å². The van der Waals surface area contributed by atoms with Gasteiger partial charge in [-0.15, -0.1) is 11.3 Å². The number of nitrogens with zero attached hydrogens (tertiary/aromatic N) is 1. The van der Waals surface area contributed by atoms with Crippen molar-refractivity contribution >= 4 is 23.1 Å². The average Bonchev–Trinajstić information content (AvgIpc) is 2.75. The summed E-state index contributed by atoms with van der Waals surface area (Å²) in [6.45, 7) is 5.59. The summed E-state index contributed by atoms with van der Waals surface area (Å²) in [6.07, 6.45) is 0.908. The zero-order valence-electron chi connectivity index (χ0n) is 9.75. The number of thioether (sulfide) groups is 1. The maximum atomic E-state index is 10.1. The van der Waals surface area contributed by atoms with Crippen LogP contribution >= 0.6 is 23.1 Å². The highest BCUT2D eigenvalue weighted by atomic mass is 32.2. The minimum atomic E-state index is -0.488. The van der Waals surface area contributed by atoms with Crippen LogP contribution in [0.2, 0.25) is 0 Å². The van der Waals surface area contributed by atoms with Crippen molar-refractivity contribution in [3.05, 3.63) is 15.6 Å². The first kappa shape index (κ1) is 12.4. The molecule has 2 N–H and O–H groups in total. The Balaban J connectivity index is 1.81. The summed E-state index contributed by atoms with van der Waals surface area (Å²) in [7, 11) is 0. The van der Waals surface area contributed by atoms with E-state index in [1.165, 1.54) is 4.88 Å². The number of rotatable bonds is 4. The van der Waals surface area contributed by atoms with E-state index in [2.05, 4.69) is 10.3 Å². The van der Waals surface area contributed by atoms with Crippen LogP contribution in [0.3, 0.4) is 0 Å². The number of aromatic nitrogens is 1. The van der Waals surface area contributed by atoms with E-state index in [0.29, 0.717) is 6.54 Å². The summed E-state index contributed by atoms with van der Waals surface area (Å²) < 4.78 is 0. The van der Waals surface area contributed by atoms with Gasteiger partial charge in [0, 0.05) is 23.7 Å². The Hall–Kier alpha value is -0.100. The van der Waals surface area contributed by atoms with E-state index >= 15 is 0 Å². The fraction of sp³-hybridized carbons (Fsp3) is 0.727. The third kappa shape index (κ3) is 2.97. The minimum absolute atomic E-state index is 0.488. The molecule has 1 atom stereocenters. The molecular weight excluding hydrogens is 240 g/mol. The molecule has 1 saturated heterocycles. The maximum absolute atomic E-state index is 10.1. The molecule has 0 aliphatic carbocycles. The molecule has 5 heteroatoms. The van der Waals surface area contributed by atoms with Crippen molar-refractivity contribution in [3.8, 4) is 0 Å². The van der Waals surface area contributed by atoms with Crippen LogP contribution in [0, 0.1) is 13.8 Å². The van der Waals surface area contributed by atoms with Crippen LogP contribution in [0.25, 0.3) is 0 Å². The largest absolute Gasteiger partial charge is 0.388 e. The molecule has 0 amide bonds. The summed E-state index contributed by atoms with van der Waals surface area (Å²) in [6, 6.07) is 0. The number of hydrogen-bond acceptors (Lipinski definition) is 5. The first-order valence-electron chi connectivity index (χ1n) is 5.53. The second kappa shape index (κ2) is 5.04. The van der Waals surface area contributed by atoms with Crippen molar-refractivity contribution in [3.63, 3.8) is 0 Å². The SMILES string of the molecule is Cc1nc(C)c(CNCC2(O)CCSC2)s1. The van der Waals surface area contributed by atoms with E-state index in [-0.39, 0.29) is 0 Å². The molecule has 1 fully saturated rings. The molecule has 0 saturated carbocycles. The fourth-order valence-electron chi connectivity index (χ4n) is 1.88. The molecular formula is C11H18N2OS2. The predicted octanol–water partition coefficient (Wildman–Crippen LogP) is 1.72. The highest BCUT2D eigenvalue weighted by Gasteiger charge is 2.31. The van der Waals surface area contributed by atoms with Gasteiger partial charge in [0.05, 0.1) is 16.3 Å². The van der Waals surface area contributed by atoms with Crippen LogP contribution < -0.4 is 5.32 Å². The van der Waals surface area contributed by atoms with Crippen LogP contribution in [0.15, 0.2) is 0 Å². The van der Waals surface area contributed by atoms with Crippen molar-refractivity contribution in [2.24, 2.45) is 0 Å². The molecule has 2 rings (SSSR count). The minimum Gasteiger partial charge on any atom is -0.388 e. The number of aliphatic hydroxyl groups is 1. The molecule has 16 heavy (non-hydrogen) atoms. The lowest BCUT2D eigenvalue weighted by molar-refractivity contribution is 0.0675. The fourth-order valence-corrected chi connectivity index (χ4v) is 4.08. The Labute approximate surface area is 105 Å². The van der Waals surface area contributed by atoms with Gasteiger partial charge in [-0.25, -0.2) is 4.98 Å². The van der Waals surface area contributed by atoms with Crippen LogP contribution in [0.5, 0.6) is 0 Å². The Bertz CT molecular complexity index is 359. The van der Waals surface area contributed by atoms with Gasteiger partial charge in [0.1, 0.15) is 0 Å². The zero-order valence-corrected chi connectivity index (χ0v) is 11.4. The molecule has 0 radical (unpaired) electrons. The maximum Gasteiger partial charge on any atom is 0.0900 e. The number of thiazole rings is 1. The normalized spacial score (nSPS) is 25.2. The van der Waals surface area contributed by atoms with Gasteiger partial charge >= 0.3 is 0 Å². The summed E-state index contributed by atoms with van der Waals surface area (Å²) >= 11 is 3.57. The highest BCUT2D eigenvalue weighted by Crippen LogP contribution is 2.27. The molecule has 0 aromatic carbocycles. The third-order valence-corrected chi connectivity index (χ3v) is 5.13. The molecule has 0 spiro atoms. The predicted molar refractivity (Wildman–Crippen MR) is 70.2 cm³/mol. The van der Waals surface area contributed by atoms with Gasteiger partial charge in [-0.05, 0) is 26.0 Å². The molecule has 1 aliphatic rings. The van der Waals surface area contributed by atoms with Crippen LogP contribution in [-0.4, -0.2) is 33.7 Å². The Kier molecular flexibility index (Phi) is 3.89. The number of aryl methyl sites for hydroxylation is 2. The number of hydrogen-bond donors (Lipinski definition) is 2. The van der Waals surface area contributed by atoms with Crippen molar-refractivity contribution in [1.82, 2.24) is 10.3 Å². The van der Waals surface area contributed by atoms with Gasteiger partial charge in [0.25, 0.3) is 0 Å². The van der Waals surface area contributed by atoms with E-state index in [1.807, 2.05) is 25.6 Å². The molecule has 90 valence electrons. The molecule has 1 aromatic rings. The van der Waals surface area contributed by atoms with Crippen LogP contribution in [0.1, 0.15) is 22.0 Å². The smallest absolute Gasteiger partial charge is 0.0900 e. The lowest BCUT2D eigenvalue weighted by Gasteiger charge is -2.21. The Morgan fingerprint density at radius 2 is 2.31 bits per heavy atom. The third-order valence-electron chi connectivity index (χ3n) is 2.82. The van der Waals surface area contributed by atoms with Crippen molar-refractivity contribution < 1.29 is 5.11 Å². The Morgan fingerprint density at radius 1 is 1.50 bits per heavy atom. The van der Waals surface area contributed by atoms with Crippen LogP contribution in [0.4, 0.5) is 0 Å². The van der Waals surface area contributed by atoms with Gasteiger partial charge < -0.3 is 10.4 Å². The van der Waals surface area contributed by atoms with Gasteiger partial charge in [0.15, 0.2) is 0 Å². The van der Waals surface area contributed by atoms with Crippen LogP contribution in [-0.2, 0) is 6.54 Å². The monoisotopic (exact) mass is 258 g/mol. The Morgan fingerprint density at radius 3 is 2.88 bits per heavy atom. The van der Waals surface area contributed by atoms with Gasteiger partial charge in [-0.3, -0.25) is 0 Å². The topological polar surface area (TPSA) is 45.2 Å². The molecule has 3 nitrogen and oxygen atoms in total. The van der Waals surface area contributed by atoms with Gasteiger partial charge in [-0.1, -0.05) is 0 Å². The quantitative estimate of drug-likeness (QED) is 0.863. The van der Waals surface area contributed by atoms with Gasteiger partial charge in [-0.2, -0.15) is 11.8 Å². The first-order chi connectivity index (χ1) is 7.59. The molecule has 2 heterocycles. The molecule has 0 bridgehead atoms. The standard InChI is InChI=1S/C11H18N2OS2/c1-8-10(16-9(2)13-8)5-12-6-11(14)3-4-15-7-11/h12,14H,3-7H2,1-2H3. The second-order valence-corrected chi connectivity index (χ2v) is 6.76. The summed E-state index contributed by atoms with van der Waals surface area (Å²) in [5.74, 6) is 1.94. The van der Waals surface area contributed by atoms with E-state index in [9.17, 15) is 5.11 Å². The molecule has 1 aromatic heterocycles. The van der Waals surface area contributed by atoms with E-state index in [4.69, 9.17) is 0 Å². The lowest BCUT2D eigenvalue weighted by Crippen LogP contribution is -2.40. The molecule has 1 aliphatic heterocycles. The number of nitrogens with one attached hydrogen (secondary N) is 1. The highest BCUT2D eigenvalue weighted by molar-refractivity contribution is 7.99. The average molecular weight is 258 g/mol.